The quantitative estimate of drug-likeness (QED) is 0.811. The molecule has 0 aliphatic heterocycles. The minimum atomic E-state index is -0.273. The Morgan fingerprint density at radius 2 is 2.24 bits per heavy atom. The molecule has 1 aromatic heterocycles. The molecule has 0 aliphatic rings. The number of anilines is 1. The number of rotatable bonds is 6. The highest BCUT2D eigenvalue weighted by Crippen LogP contribution is 2.02. The van der Waals surface area contributed by atoms with Gasteiger partial charge >= 0.3 is 0 Å². The van der Waals surface area contributed by atoms with Crippen LogP contribution in [0.5, 0.6) is 0 Å². The van der Waals surface area contributed by atoms with E-state index >= 15 is 0 Å². The summed E-state index contributed by atoms with van der Waals surface area (Å²) in [5, 5.41) is 6.11. The van der Waals surface area contributed by atoms with Gasteiger partial charge in [0.2, 0.25) is 11.8 Å². The van der Waals surface area contributed by atoms with Crippen LogP contribution >= 0.6 is 0 Å². The molecule has 0 saturated carbocycles. The van der Waals surface area contributed by atoms with Gasteiger partial charge in [0.25, 0.3) is 0 Å². The van der Waals surface area contributed by atoms with E-state index in [1.165, 1.54) is 11.2 Å². The summed E-state index contributed by atoms with van der Waals surface area (Å²) >= 11 is 0. The average Bonchev–Trinajstić information content (AvgIpc) is 2.78. The van der Waals surface area contributed by atoms with E-state index in [-0.39, 0.29) is 18.4 Å². The van der Waals surface area contributed by atoms with Crippen molar-refractivity contribution in [2.24, 2.45) is 0 Å². The molecule has 94 valence electrons. The lowest BCUT2D eigenvalue weighted by Crippen LogP contribution is -2.37. The zero-order valence-corrected chi connectivity index (χ0v) is 10.1. The molecule has 0 fully saturated rings. The Bertz CT molecular complexity index is 362. The summed E-state index contributed by atoms with van der Waals surface area (Å²) in [5.41, 5.74) is 0. The van der Waals surface area contributed by atoms with Gasteiger partial charge in [-0.25, -0.2) is 0 Å². The number of carbonyl (C=O) groups is 2. The Kier molecular flexibility index (Phi) is 5.19. The summed E-state index contributed by atoms with van der Waals surface area (Å²) in [6, 6.07) is 1.54. The van der Waals surface area contributed by atoms with Crippen molar-refractivity contribution >= 4 is 17.6 Å². The molecule has 0 aliphatic carbocycles. The molecule has 0 saturated heterocycles. The van der Waals surface area contributed by atoms with Crippen molar-refractivity contribution < 1.29 is 14.1 Å². The van der Waals surface area contributed by atoms with E-state index in [0.717, 1.165) is 6.42 Å². The number of carbonyl (C=O) groups excluding carboxylic acids is 2. The molecule has 1 rings (SSSR count). The lowest BCUT2D eigenvalue weighted by Gasteiger charge is -2.19. The highest BCUT2D eigenvalue weighted by molar-refractivity contribution is 5.93. The van der Waals surface area contributed by atoms with Crippen molar-refractivity contribution in [1.82, 2.24) is 10.1 Å². The summed E-state index contributed by atoms with van der Waals surface area (Å²) in [5.74, 6) is 0.0736. The monoisotopic (exact) mass is 239 g/mol. The smallest absolute Gasteiger partial charge is 0.245 e. The molecular formula is C11H17N3O3. The number of likely N-dealkylation sites (N-methyl/N-ethyl adjacent to an activating group) is 1. The van der Waals surface area contributed by atoms with E-state index in [9.17, 15) is 9.59 Å². The largest absolute Gasteiger partial charge is 0.363 e. The molecule has 2 amide bonds. The highest BCUT2D eigenvalue weighted by atomic mass is 16.5. The van der Waals surface area contributed by atoms with Crippen molar-refractivity contribution in [3.8, 4) is 0 Å². The van der Waals surface area contributed by atoms with Gasteiger partial charge in [0, 0.05) is 19.0 Å². The minimum Gasteiger partial charge on any atom is -0.363 e. The third-order valence-corrected chi connectivity index (χ3v) is 2.24. The highest BCUT2D eigenvalue weighted by Gasteiger charge is 2.15. The zero-order valence-electron chi connectivity index (χ0n) is 10.1. The molecule has 1 N–H and O–H groups in total. The van der Waals surface area contributed by atoms with Gasteiger partial charge in [0.1, 0.15) is 6.26 Å². The summed E-state index contributed by atoms with van der Waals surface area (Å²) in [4.78, 5) is 24.7. The van der Waals surface area contributed by atoms with Crippen LogP contribution in [0.4, 0.5) is 5.82 Å². The second-order valence-corrected chi connectivity index (χ2v) is 3.59. The zero-order chi connectivity index (χ0) is 12.7. The Morgan fingerprint density at radius 1 is 1.47 bits per heavy atom. The first-order valence-corrected chi connectivity index (χ1v) is 5.65. The molecule has 1 heterocycles. The van der Waals surface area contributed by atoms with Gasteiger partial charge in [0.05, 0.1) is 6.54 Å². The van der Waals surface area contributed by atoms with Gasteiger partial charge in [0.15, 0.2) is 5.82 Å². The van der Waals surface area contributed by atoms with Gasteiger partial charge in [-0.15, -0.1) is 0 Å². The SMILES string of the molecule is CCCC(=O)N(CC)CC(=O)Nc1ccon1. The maximum absolute atomic E-state index is 11.6. The number of nitrogens with zero attached hydrogens (tertiary/aromatic N) is 2. The Labute approximate surface area is 99.9 Å². The fourth-order valence-corrected chi connectivity index (χ4v) is 1.38. The Balaban J connectivity index is 2.45. The molecule has 0 atom stereocenters. The summed E-state index contributed by atoms with van der Waals surface area (Å²) in [6.45, 7) is 4.34. The van der Waals surface area contributed by atoms with Crippen molar-refractivity contribution in [3.63, 3.8) is 0 Å². The normalized spacial score (nSPS) is 10.0. The van der Waals surface area contributed by atoms with Gasteiger partial charge < -0.3 is 14.7 Å². The van der Waals surface area contributed by atoms with Crippen molar-refractivity contribution in [1.29, 1.82) is 0 Å². The van der Waals surface area contributed by atoms with Gasteiger partial charge in [-0.1, -0.05) is 12.1 Å². The van der Waals surface area contributed by atoms with Crippen LogP contribution in [0.1, 0.15) is 26.7 Å². The van der Waals surface area contributed by atoms with Crippen molar-refractivity contribution in [3.05, 3.63) is 12.3 Å². The first kappa shape index (κ1) is 13.2. The van der Waals surface area contributed by atoms with Crippen molar-refractivity contribution in [2.75, 3.05) is 18.4 Å². The van der Waals surface area contributed by atoms with Crippen LogP contribution in [-0.4, -0.2) is 35.0 Å². The van der Waals surface area contributed by atoms with E-state index in [2.05, 4.69) is 15.0 Å². The van der Waals surface area contributed by atoms with Gasteiger partial charge in [-0.05, 0) is 13.3 Å². The standard InChI is InChI=1S/C11H17N3O3/c1-3-5-11(16)14(4-2)8-10(15)12-9-6-7-17-13-9/h6-7H,3-5,8H2,1-2H3,(H,12,13,15). The lowest BCUT2D eigenvalue weighted by molar-refractivity contribution is -0.134. The minimum absolute atomic E-state index is 0.00898. The number of amides is 2. The topological polar surface area (TPSA) is 75.4 Å². The maximum Gasteiger partial charge on any atom is 0.245 e. The first-order chi connectivity index (χ1) is 8.17. The van der Waals surface area contributed by atoms with Gasteiger partial charge in [-0.3, -0.25) is 9.59 Å². The fourth-order valence-electron chi connectivity index (χ4n) is 1.38. The third kappa shape index (κ3) is 4.26. The maximum atomic E-state index is 11.6. The van der Waals surface area contributed by atoms with Gasteiger partial charge in [-0.2, -0.15) is 0 Å². The second-order valence-electron chi connectivity index (χ2n) is 3.59. The molecule has 6 heteroatoms. The average molecular weight is 239 g/mol. The van der Waals surface area contributed by atoms with Crippen LogP contribution in [0.3, 0.4) is 0 Å². The van der Waals surface area contributed by atoms with E-state index in [1.807, 2.05) is 13.8 Å². The number of hydrogen-bond acceptors (Lipinski definition) is 4. The molecular weight excluding hydrogens is 222 g/mol. The van der Waals surface area contributed by atoms with E-state index in [0.29, 0.717) is 18.8 Å². The summed E-state index contributed by atoms with van der Waals surface area (Å²) in [6.07, 6.45) is 2.61. The molecule has 0 spiro atoms. The summed E-state index contributed by atoms with van der Waals surface area (Å²) in [7, 11) is 0. The second kappa shape index (κ2) is 6.67. The van der Waals surface area contributed by atoms with Crippen LogP contribution in [-0.2, 0) is 9.59 Å². The van der Waals surface area contributed by atoms with Crippen LogP contribution in [0.25, 0.3) is 0 Å². The third-order valence-electron chi connectivity index (χ3n) is 2.24. The molecule has 17 heavy (non-hydrogen) atoms. The Hall–Kier alpha value is -1.85. The Morgan fingerprint density at radius 3 is 2.76 bits per heavy atom. The van der Waals surface area contributed by atoms with Crippen LogP contribution in [0, 0.1) is 0 Å². The first-order valence-electron chi connectivity index (χ1n) is 5.65. The molecule has 0 bridgehead atoms. The number of hydrogen-bond donors (Lipinski definition) is 1. The van der Waals surface area contributed by atoms with Crippen LogP contribution in [0.2, 0.25) is 0 Å². The van der Waals surface area contributed by atoms with Crippen molar-refractivity contribution in [2.45, 2.75) is 26.7 Å². The number of nitrogens with one attached hydrogen (secondary N) is 1. The molecule has 0 unspecified atom stereocenters. The molecule has 1 aromatic rings. The van der Waals surface area contributed by atoms with E-state index in [1.54, 1.807) is 6.07 Å². The lowest BCUT2D eigenvalue weighted by atomic mass is 10.3. The molecule has 6 nitrogen and oxygen atoms in total. The van der Waals surface area contributed by atoms with E-state index in [4.69, 9.17) is 0 Å². The molecule has 0 radical (unpaired) electrons. The van der Waals surface area contributed by atoms with Crippen LogP contribution < -0.4 is 5.32 Å². The van der Waals surface area contributed by atoms with Crippen LogP contribution in [0.15, 0.2) is 16.9 Å². The molecule has 0 aromatic carbocycles. The van der Waals surface area contributed by atoms with E-state index < -0.39 is 0 Å². The predicted octanol–water partition coefficient (Wildman–Crippen LogP) is 1.26. The fraction of sp³-hybridized carbons (Fsp3) is 0.545. The summed E-state index contributed by atoms with van der Waals surface area (Å²) < 4.78 is 4.59. The predicted molar refractivity (Wildman–Crippen MR) is 62.3 cm³/mol. The number of aromatic nitrogens is 1.